The number of ether oxygens (including phenoxy) is 1. The summed E-state index contributed by atoms with van der Waals surface area (Å²) in [5.41, 5.74) is 2.49. The number of anilines is 2. The van der Waals surface area contributed by atoms with E-state index in [0.29, 0.717) is 30.0 Å². The van der Waals surface area contributed by atoms with E-state index in [1.807, 2.05) is 25.1 Å². The van der Waals surface area contributed by atoms with Gasteiger partial charge in [-0.15, -0.1) is 0 Å². The van der Waals surface area contributed by atoms with Gasteiger partial charge in [-0.2, -0.15) is 9.61 Å². The Hall–Kier alpha value is -3.75. The number of fused-ring (bicyclic) bond motifs is 2. The zero-order valence-electron chi connectivity index (χ0n) is 16.5. The number of carbonyl (C=O) groups is 1. The van der Waals surface area contributed by atoms with Gasteiger partial charge in [-0.25, -0.2) is 19.2 Å². The van der Waals surface area contributed by atoms with Crippen molar-refractivity contribution in [1.29, 1.82) is 0 Å². The van der Waals surface area contributed by atoms with Crippen LogP contribution in [0.4, 0.5) is 20.8 Å². The second kappa shape index (κ2) is 6.94. The number of cyclic esters (lactones) is 1. The van der Waals surface area contributed by atoms with Crippen LogP contribution in [0.5, 0.6) is 0 Å². The molecule has 1 aliphatic heterocycles. The molecule has 1 atom stereocenters. The molecule has 1 amide bonds. The quantitative estimate of drug-likeness (QED) is 0.554. The molecule has 4 aromatic rings. The third-order valence-corrected chi connectivity index (χ3v) is 5.32. The highest BCUT2D eigenvalue weighted by Crippen LogP contribution is 2.33. The largest absolute Gasteiger partial charge is 0.447 e. The summed E-state index contributed by atoms with van der Waals surface area (Å²) in [4.78, 5) is 22.7. The molecule has 0 unspecified atom stereocenters. The maximum atomic E-state index is 14.1. The lowest BCUT2D eigenvalue weighted by Gasteiger charge is -2.23. The van der Waals surface area contributed by atoms with Crippen LogP contribution < -0.4 is 10.2 Å². The van der Waals surface area contributed by atoms with Crippen molar-refractivity contribution in [3.05, 3.63) is 59.7 Å². The van der Waals surface area contributed by atoms with Gasteiger partial charge in [0, 0.05) is 28.8 Å². The van der Waals surface area contributed by atoms with E-state index in [1.54, 1.807) is 29.9 Å². The van der Waals surface area contributed by atoms with Crippen molar-refractivity contribution in [3.63, 3.8) is 0 Å². The molecule has 1 aliphatic rings. The van der Waals surface area contributed by atoms with E-state index >= 15 is 0 Å². The van der Waals surface area contributed by atoms with Gasteiger partial charge in [-0.3, -0.25) is 4.90 Å². The number of hydrogen-bond donors (Lipinski definition) is 1. The third-order valence-electron chi connectivity index (χ3n) is 5.32. The second-order valence-corrected chi connectivity index (χ2v) is 7.21. The van der Waals surface area contributed by atoms with E-state index in [2.05, 4.69) is 15.4 Å². The molecule has 4 heterocycles. The summed E-state index contributed by atoms with van der Waals surface area (Å²) in [7, 11) is 0. The smallest absolute Gasteiger partial charge is 0.415 e. The molecular formula is C21H19FN6O2. The van der Waals surface area contributed by atoms with Gasteiger partial charge >= 0.3 is 6.09 Å². The van der Waals surface area contributed by atoms with Crippen LogP contribution in [-0.4, -0.2) is 38.8 Å². The highest BCUT2D eigenvalue weighted by Gasteiger charge is 2.29. The predicted octanol–water partition coefficient (Wildman–Crippen LogP) is 3.85. The van der Waals surface area contributed by atoms with Crippen LogP contribution in [0, 0.1) is 12.7 Å². The first-order valence-corrected chi connectivity index (χ1v) is 9.62. The second-order valence-electron chi connectivity index (χ2n) is 7.21. The summed E-state index contributed by atoms with van der Waals surface area (Å²) in [6, 6.07) is 8.48. The highest BCUT2D eigenvalue weighted by molar-refractivity contribution is 5.93. The van der Waals surface area contributed by atoms with E-state index in [4.69, 9.17) is 9.72 Å². The fourth-order valence-corrected chi connectivity index (χ4v) is 3.73. The van der Waals surface area contributed by atoms with E-state index in [9.17, 15) is 9.18 Å². The van der Waals surface area contributed by atoms with Crippen molar-refractivity contribution in [3.8, 4) is 0 Å². The first kappa shape index (κ1) is 18.3. The van der Waals surface area contributed by atoms with Crippen molar-refractivity contribution in [1.82, 2.24) is 19.6 Å². The number of aryl methyl sites for hydroxylation is 1. The monoisotopic (exact) mass is 406 g/mol. The molecule has 1 aromatic carbocycles. The van der Waals surface area contributed by atoms with Gasteiger partial charge in [0.2, 0.25) is 0 Å². The predicted molar refractivity (Wildman–Crippen MR) is 110 cm³/mol. The molecule has 152 valence electrons. The molecule has 1 saturated heterocycles. The van der Waals surface area contributed by atoms with Crippen LogP contribution in [0.15, 0.2) is 42.7 Å². The summed E-state index contributed by atoms with van der Waals surface area (Å²) in [6.07, 6.45) is 2.93. The van der Waals surface area contributed by atoms with Crippen molar-refractivity contribution < 1.29 is 13.9 Å². The average molecular weight is 406 g/mol. The lowest BCUT2D eigenvalue weighted by molar-refractivity contribution is 0.181. The Kier molecular flexibility index (Phi) is 4.23. The Labute approximate surface area is 171 Å². The molecule has 0 spiro atoms. The number of nitrogens with one attached hydrogen (secondary N) is 1. The number of benzene rings is 1. The number of carbonyl (C=O) groups excluding carboxylic acids is 1. The summed E-state index contributed by atoms with van der Waals surface area (Å²) in [5, 5.41) is 8.52. The van der Waals surface area contributed by atoms with Gasteiger partial charge in [-0.1, -0.05) is 0 Å². The Morgan fingerprint density at radius 2 is 2.10 bits per heavy atom. The van der Waals surface area contributed by atoms with E-state index in [-0.39, 0.29) is 11.9 Å². The van der Waals surface area contributed by atoms with Crippen LogP contribution in [-0.2, 0) is 4.74 Å². The molecule has 3 aromatic heterocycles. The Balaban J connectivity index is 1.63. The number of aromatic nitrogens is 4. The minimum atomic E-state index is -0.456. The van der Waals surface area contributed by atoms with Gasteiger partial charge in [-0.05, 0) is 38.1 Å². The van der Waals surface area contributed by atoms with Crippen LogP contribution in [0.25, 0.3) is 16.6 Å². The molecule has 9 heteroatoms. The van der Waals surface area contributed by atoms with Crippen molar-refractivity contribution in [2.75, 3.05) is 23.4 Å². The standard InChI is InChI=1S/C21H19FN6O2/c1-12-16(22)4-3-14-11-15(20(26-19(12)14)27-9-10-30-21(27)29)13(2)25-18-5-7-23-17-6-8-24-28(17)18/h3-8,11,13,25H,9-10H2,1-2H3/t13-/m0/s1. The highest BCUT2D eigenvalue weighted by atomic mass is 19.1. The topological polar surface area (TPSA) is 84.6 Å². The molecule has 5 rings (SSSR count). The Morgan fingerprint density at radius 1 is 1.23 bits per heavy atom. The zero-order chi connectivity index (χ0) is 20.8. The summed E-state index contributed by atoms with van der Waals surface area (Å²) >= 11 is 0. The van der Waals surface area contributed by atoms with Gasteiger partial charge in [0.1, 0.15) is 24.1 Å². The number of rotatable bonds is 4. The summed E-state index contributed by atoms with van der Waals surface area (Å²) in [5.74, 6) is 0.883. The average Bonchev–Trinajstić information content (AvgIpc) is 3.39. The van der Waals surface area contributed by atoms with Crippen molar-refractivity contribution in [2.24, 2.45) is 0 Å². The van der Waals surface area contributed by atoms with Crippen LogP contribution >= 0.6 is 0 Å². The molecule has 0 bridgehead atoms. The fourth-order valence-electron chi connectivity index (χ4n) is 3.73. The first-order valence-electron chi connectivity index (χ1n) is 9.62. The van der Waals surface area contributed by atoms with Gasteiger partial charge in [0.15, 0.2) is 5.65 Å². The number of amides is 1. The maximum Gasteiger partial charge on any atom is 0.415 e. The molecule has 0 aliphatic carbocycles. The summed E-state index contributed by atoms with van der Waals surface area (Å²) in [6.45, 7) is 4.34. The molecule has 0 saturated carbocycles. The van der Waals surface area contributed by atoms with Crippen LogP contribution in [0.2, 0.25) is 0 Å². The zero-order valence-corrected chi connectivity index (χ0v) is 16.5. The van der Waals surface area contributed by atoms with Gasteiger partial charge < -0.3 is 10.1 Å². The van der Waals surface area contributed by atoms with Crippen LogP contribution in [0.3, 0.4) is 0 Å². The van der Waals surface area contributed by atoms with Crippen molar-refractivity contribution >= 4 is 34.3 Å². The number of halogens is 1. The number of hydrogen-bond acceptors (Lipinski definition) is 6. The normalized spacial score (nSPS) is 15.0. The first-order chi connectivity index (χ1) is 14.5. The van der Waals surface area contributed by atoms with Crippen LogP contribution in [0.1, 0.15) is 24.1 Å². The summed E-state index contributed by atoms with van der Waals surface area (Å²) < 4.78 is 20.9. The molecule has 1 fully saturated rings. The molecule has 30 heavy (non-hydrogen) atoms. The maximum absolute atomic E-state index is 14.1. The van der Waals surface area contributed by atoms with Gasteiger partial charge in [0.25, 0.3) is 0 Å². The SMILES string of the molecule is Cc1c(F)ccc2cc([C@H](C)Nc3ccnc4ccnn34)c(N3CCOC3=O)nc12. The molecular weight excluding hydrogens is 387 g/mol. The molecule has 8 nitrogen and oxygen atoms in total. The third kappa shape index (κ3) is 2.90. The minimum Gasteiger partial charge on any atom is -0.447 e. The fraction of sp³-hybridized carbons (Fsp3) is 0.238. The van der Waals surface area contributed by atoms with E-state index in [1.165, 1.54) is 11.0 Å². The number of pyridine rings is 1. The molecule has 0 radical (unpaired) electrons. The Bertz CT molecular complexity index is 1290. The van der Waals surface area contributed by atoms with Crippen molar-refractivity contribution in [2.45, 2.75) is 19.9 Å². The molecule has 1 N–H and O–H groups in total. The Morgan fingerprint density at radius 3 is 2.90 bits per heavy atom. The van der Waals surface area contributed by atoms with E-state index < -0.39 is 6.09 Å². The number of nitrogens with zero attached hydrogens (tertiary/aromatic N) is 5. The lowest BCUT2D eigenvalue weighted by atomic mass is 10.0. The van der Waals surface area contributed by atoms with Gasteiger partial charge in [0.05, 0.1) is 24.3 Å². The minimum absolute atomic E-state index is 0.231. The van der Waals surface area contributed by atoms with E-state index in [0.717, 1.165) is 22.4 Å². The lowest BCUT2D eigenvalue weighted by Crippen LogP contribution is -2.27.